The van der Waals surface area contributed by atoms with E-state index in [-0.39, 0.29) is 21.8 Å². The number of carbonyl (C=O) groups excluding carboxylic acids is 2. The van der Waals surface area contributed by atoms with Gasteiger partial charge in [0.05, 0.1) is 17.0 Å². The highest BCUT2D eigenvalue weighted by atomic mass is 35.5. The van der Waals surface area contributed by atoms with E-state index in [1.807, 2.05) is 0 Å². The summed E-state index contributed by atoms with van der Waals surface area (Å²) < 4.78 is 35.7. The Kier molecular flexibility index (Phi) is 5.61. The Labute approximate surface area is 166 Å². The fourth-order valence-corrected chi connectivity index (χ4v) is 3.18. The van der Waals surface area contributed by atoms with Crippen molar-refractivity contribution < 1.29 is 27.5 Å². The van der Waals surface area contributed by atoms with Crippen LogP contribution in [0, 0.1) is 0 Å². The molecule has 9 nitrogen and oxygen atoms in total. The predicted octanol–water partition coefficient (Wildman–Crippen LogP) is 1.56. The average Bonchev–Trinajstić information content (AvgIpc) is 2.66. The number of hydrazine groups is 1. The van der Waals surface area contributed by atoms with Gasteiger partial charge >= 0.3 is 0 Å². The van der Waals surface area contributed by atoms with Crippen LogP contribution in [0.3, 0.4) is 0 Å². The number of anilines is 1. The first-order valence-corrected chi connectivity index (χ1v) is 10.3. The van der Waals surface area contributed by atoms with E-state index < -0.39 is 21.8 Å². The molecule has 0 aromatic heterocycles. The molecule has 0 unspecified atom stereocenters. The zero-order valence-electron chi connectivity index (χ0n) is 14.6. The van der Waals surface area contributed by atoms with E-state index in [4.69, 9.17) is 21.1 Å². The third-order valence-corrected chi connectivity index (χ3v) is 4.54. The smallest absolute Gasteiger partial charge is 0.269 e. The molecule has 148 valence electrons. The van der Waals surface area contributed by atoms with Crippen LogP contribution >= 0.6 is 11.6 Å². The fraction of sp³-hybridized carbons (Fsp3) is 0.176. The number of halogens is 1. The number of benzene rings is 2. The SMILES string of the molecule is CS(=O)(=O)Nc1cc(C(=O)NNC(=O)c2ccc3c(c2)OCCO3)ccc1Cl. The van der Waals surface area contributed by atoms with Crippen LogP contribution in [0.25, 0.3) is 0 Å². The third-order valence-electron chi connectivity index (χ3n) is 3.62. The quantitative estimate of drug-likeness (QED) is 0.639. The van der Waals surface area contributed by atoms with Gasteiger partial charge < -0.3 is 9.47 Å². The monoisotopic (exact) mass is 425 g/mol. The van der Waals surface area contributed by atoms with Crippen LogP contribution in [-0.2, 0) is 10.0 Å². The maximum atomic E-state index is 12.3. The van der Waals surface area contributed by atoms with Gasteiger partial charge in [-0.3, -0.25) is 25.2 Å². The first-order valence-electron chi connectivity index (χ1n) is 8.00. The molecule has 2 aromatic rings. The maximum absolute atomic E-state index is 12.3. The first kappa shape index (κ1) is 19.8. The van der Waals surface area contributed by atoms with Crippen molar-refractivity contribution in [1.82, 2.24) is 10.9 Å². The van der Waals surface area contributed by atoms with Crippen LogP contribution < -0.4 is 25.0 Å². The number of hydrogen-bond donors (Lipinski definition) is 3. The number of carbonyl (C=O) groups is 2. The molecule has 2 amide bonds. The molecule has 3 N–H and O–H groups in total. The van der Waals surface area contributed by atoms with E-state index in [0.29, 0.717) is 24.7 Å². The molecule has 1 aliphatic heterocycles. The van der Waals surface area contributed by atoms with Gasteiger partial charge in [-0.15, -0.1) is 0 Å². The van der Waals surface area contributed by atoms with Gasteiger partial charge in [0.2, 0.25) is 10.0 Å². The first-order chi connectivity index (χ1) is 13.2. The average molecular weight is 426 g/mol. The van der Waals surface area contributed by atoms with Gasteiger partial charge in [0.15, 0.2) is 11.5 Å². The van der Waals surface area contributed by atoms with Crippen molar-refractivity contribution in [3.05, 3.63) is 52.5 Å². The van der Waals surface area contributed by atoms with E-state index in [1.54, 1.807) is 6.07 Å². The number of ether oxygens (including phenoxy) is 2. The lowest BCUT2D eigenvalue weighted by Crippen LogP contribution is -2.41. The number of fused-ring (bicyclic) bond motifs is 1. The highest BCUT2D eigenvalue weighted by molar-refractivity contribution is 7.92. The van der Waals surface area contributed by atoms with Crippen LogP contribution in [0.4, 0.5) is 5.69 Å². The highest BCUT2D eigenvalue weighted by Crippen LogP contribution is 2.30. The van der Waals surface area contributed by atoms with Crippen molar-refractivity contribution in [2.24, 2.45) is 0 Å². The van der Waals surface area contributed by atoms with E-state index in [0.717, 1.165) is 6.26 Å². The Hall–Kier alpha value is -2.98. The van der Waals surface area contributed by atoms with Crippen LogP contribution in [-0.4, -0.2) is 39.7 Å². The summed E-state index contributed by atoms with van der Waals surface area (Å²) in [5.74, 6) is -0.230. The van der Waals surface area contributed by atoms with Crippen LogP contribution in [0.15, 0.2) is 36.4 Å². The Bertz CT molecular complexity index is 1040. The summed E-state index contributed by atoms with van der Waals surface area (Å²) >= 11 is 5.92. The Balaban J connectivity index is 1.67. The molecule has 1 heterocycles. The van der Waals surface area contributed by atoms with E-state index in [9.17, 15) is 18.0 Å². The number of sulfonamides is 1. The van der Waals surface area contributed by atoms with Crippen molar-refractivity contribution in [2.45, 2.75) is 0 Å². The summed E-state index contributed by atoms with van der Waals surface area (Å²) in [6.45, 7) is 0.821. The van der Waals surface area contributed by atoms with Crippen LogP contribution in [0.2, 0.25) is 5.02 Å². The van der Waals surface area contributed by atoms with Gasteiger partial charge in [-0.2, -0.15) is 0 Å². The van der Waals surface area contributed by atoms with Gasteiger partial charge in [-0.1, -0.05) is 11.6 Å². The zero-order valence-corrected chi connectivity index (χ0v) is 16.2. The van der Waals surface area contributed by atoms with Gasteiger partial charge in [0.25, 0.3) is 11.8 Å². The molecule has 0 atom stereocenters. The maximum Gasteiger partial charge on any atom is 0.269 e. The second-order valence-electron chi connectivity index (χ2n) is 5.84. The van der Waals surface area contributed by atoms with E-state index in [2.05, 4.69) is 15.6 Å². The normalized spacial score (nSPS) is 12.8. The molecular formula is C17H16ClN3O6S. The molecule has 11 heteroatoms. The van der Waals surface area contributed by atoms with Gasteiger partial charge in [0, 0.05) is 11.1 Å². The minimum atomic E-state index is -3.57. The number of rotatable bonds is 4. The molecule has 28 heavy (non-hydrogen) atoms. The second kappa shape index (κ2) is 7.95. The summed E-state index contributed by atoms with van der Waals surface area (Å²) in [5.41, 5.74) is 4.95. The van der Waals surface area contributed by atoms with E-state index in [1.165, 1.54) is 30.3 Å². The molecule has 1 aliphatic rings. The lowest BCUT2D eigenvalue weighted by molar-refractivity contribution is 0.0846. The van der Waals surface area contributed by atoms with Crippen molar-refractivity contribution in [2.75, 3.05) is 24.2 Å². The number of nitrogens with one attached hydrogen (secondary N) is 3. The Morgan fingerprint density at radius 1 is 0.929 bits per heavy atom. The summed E-state index contributed by atoms with van der Waals surface area (Å²) in [4.78, 5) is 24.5. The minimum absolute atomic E-state index is 0.0509. The molecular weight excluding hydrogens is 410 g/mol. The molecule has 0 saturated heterocycles. The topological polar surface area (TPSA) is 123 Å². The van der Waals surface area contributed by atoms with E-state index >= 15 is 0 Å². The Morgan fingerprint density at radius 2 is 1.50 bits per heavy atom. The second-order valence-corrected chi connectivity index (χ2v) is 7.99. The number of amides is 2. The summed E-state index contributed by atoms with van der Waals surface area (Å²) in [6, 6.07) is 8.66. The van der Waals surface area contributed by atoms with Crippen molar-refractivity contribution in [3.8, 4) is 11.5 Å². The molecule has 0 fully saturated rings. The van der Waals surface area contributed by atoms with Crippen LogP contribution in [0.1, 0.15) is 20.7 Å². The Morgan fingerprint density at radius 3 is 2.14 bits per heavy atom. The highest BCUT2D eigenvalue weighted by Gasteiger charge is 2.16. The van der Waals surface area contributed by atoms with Crippen LogP contribution in [0.5, 0.6) is 11.5 Å². The lowest BCUT2D eigenvalue weighted by atomic mass is 10.2. The largest absolute Gasteiger partial charge is 0.486 e. The predicted molar refractivity (Wildman–Crippen MR) is 102 cm³/mol. The molecule has 0 aliphatic carbocycles. The molecule has 2 aromatic carbocycles. The molecule has 0 radical (unpaired) electrons. The standard InChI is InChI=1S/C17H16ClN3O6S/c1-28(24,25)21-13-8-10(2-4-12(13)18)16(22)19-20-17(23)11-3-5-14-15(9-11)27-7-6-26-14/h2-5,8-9,21H,6-7H2,1H3,(H,19,22)(H,20,23). The fourth-order valence-electron chi connectivity index (χ4n) is 2.39. The molecule has 0 bridgehead atoms. The van der Waals surface area contributed by atoms with Crippen molar-refractivity contribution in [1.29, 1.82) is 0 Å². The van der Waals surface area contributed by atoms with Gasteiger partial charge in [-0.25, -0.2) is 8.42 Å². The molecule has 0 spiro atoms. The van der Waals surface area contributed by atoms with Gasteiger partial charge in [-0.05, 0) is 36.4 Å². The van der Waals surface area contributed by atoms with Gasteiger partial charge in [0.1, 0.15) is 13.2 Å². The molecule has 0 saturated carbocycles. The minimum Gasteiger partial charge on any atom is -0.486 e. The summed E-state index contributed by atoms with van der Waals surface area (Å²) in [7, 11) is -3.57. The summed E-state index contributed by atoms with van der Waals surface area (Å²) in [6.07, 6.45) is 0.962. The summed E-state index contributed by atoms with van der Waals surface area (Å²) in [5, 5.41) is 0.127. The number of hydrogen-bond acceptors (Lipinski definition) is 6. The zero-order chi connectivity index (χ0) is 20.3. The van der Waals surface area contributed by atoms with Crippen molar-refractivity contribution in [3.63, 3.8) is 0 Å². The molecule has 3 rings (SSSR count). The lowest BCUT2D eigenvalue weighted by Gasteiger charge is -2.18. The van der Waals surface area contributed by atoms with Crippen molar-refractivity contribution >= 4 is 39.1 Å². The third kappa shape index (κ3) is 4.84.